The zero-order valence-electron chi connectivity index (χ0n) is 15.4. The van der Waals surface area contributed by atoms with Crippen molar-refractivity contribution in [2.24, 2.45) is 5.92 Å². The number of nitrogens with zero attached hydrogens (tertiary/aromatic N) is 2. The number of aliphatic carboxylic acids is 1. The molecule has 0 unspecified atom stereocenters. The van der Waals surface area contributed by atoms with Gasteiger partial charge in [0.25, 0.3) is 0 Å². The van der Waals surface area contributed by atoms with Gasteiger partial charge >= 0.3 is 5.97 Å². The Balaban J connectivity index is 1.81. The highest BCUT2D eigenvalue weighted by atomic mass is 19.1. The smallest absolute Gasteiger partial charge is 0.317 e. The first kappa shape index (κ1) is 20.3. The molecular formula is C19H27FN2O4. The number of benzene rings is 1. The van der Waals surface area contributed by atoms with Gasteiger partial charge in [0, 0.05) is 26.1 Å². The van der Waals surface area contributed by atoms with Crippen molar-refractivity contribution in [1.82, 2.24) is 9.80 Å². The number of hydrogen-bond acceptors (Lipinski definition) is 4. The third kappa shape index (κ3) is 6.72. The molecule has 6 nitrogen and oxygen atoms in total. The van der Waals surface area contributed by atoms with Crippen molar-refractivity contribution in [3.8, 4) is 0 Å². The number of carboxylic acid groups (broad SMARTS) is 1. The van der Waals surface area contributed by atoms with Crippen LogP contribution in [0.15, 0.2) is 24.3 Å². The monoisotopic (exact) mass is 366 g/mol. The molecule has 1 aliphatic rings. The van der Waals surface area contributed by atoms with Crippen molar-refractivity contribution in [1.29, 1.82) is 0 Å². The van der Waals surface area contributed by atoms with Crippen LogP contribution in [0.2, 0.25) is 0 Å². The van der Waals surface area contributed by atoms with Crippen LogP contribution < -0.4 is 0 Å². The largest absolute Gasteiger partial charge is 0.480 e. The van der Waals surface area contributed by atoms with Crippen molar-refractivity contribution in [2.75, 3.05) is 39.8 Å². The Morgan fingerprint density at radius 2 is 2.23 bits per heavy atom. The molecule has 0 saturated carbocycles. The van der Waals surface area contributed by atoms with Crippen molar-refractivity contribution < 1.29 is 23.8 Å². The van der Waals surface area contributed by atoms with E-state index in [1.165, 1.54) is 12.1 Å². The van der Waals surface area contributed by atoms with Gasteiger partial charge in [-0.2, -0.15) is 0 Å². The van der Waals surface area contributed by atoms with E-state index in [1.807, 2.05) is 13.0 Å². The van der Waals surface area contributed by atoms with Crippen LogP contribution in [0, 0.1) is 11.7 Å². The minimum atomic E-state index is -0.887. The number of carbonyl (C=O) groups excluding carboxylic acids is 1. The predicted molar refractivity (Wildman–Crippen MR) is 95.3 cm³/mol. The van der Waals surface area contributed by atoms with Crippen molar-refractivity contribution >= 4 is 11.9 Å². The molecule has 2 rings (SSSR count). The maximum Gasteiger partial charge on any atom is 0.317 e. The SMILES string of the molecule is C[C@@H](CC(=O)N1CCO[C@@H](CN(C)CC(=O)O)C1)Cc1cccc(F)c1. The summed E-state index contributed by atoms with van der Waals surface area (Å²) < 4.78 is 18.9. The maximum atomic E-state index is 13.3. The molecule has 1 heterocycles. The number of hydrogen-bond donors (Lipinski definition) is 1. The molecule has 0 radical (unpaired) electrons. The van der Waals surface area contributed by atoms with Gasteiger partial charge in [0.1, 0.15) is 5.82 Å². The zero-order valence-corrected chi connectivity index (χ0v) is 15.4. The lowest BCUT2D eigenvalue weighted by Gasteiger charge is -2.35. The van der Waals surface area contributed by atoms with Gasteiger partial charge < -0.3 is 14.7 Å². The van der Waals surface area contributed by atoms with Gasteiger partial charge in [-0.3, -0.25) is 14.5 Å². The van der Waals surface area contributed by atoms with E-state index in [2.05, 4.69) is 0 Å². The van der Waals surface area contributed by atoms with Crippen LogP contribution in [0.5, 0.6) is 0 Å². The second-order valence-corrected chi connectivity index (χ2v) is 7.07. The van der Waals surface area contributed by atoms with E-state index in [1.54, 1.807) is 22.9 Å². The summed E-state index contributed by atoms with van der Waals surface area (Å²) in [7, 11) is 1.72. The molecule has 1 aromatic carbocycles. The van der Waals surface area contributed by atoms with Crippen LogP contribution >= 0.6 is 0 Å². The fraction of sp³-hybridized carbons (Fsp3) is 0.579. The van der Waals surface area contributed by atoms with E-state index >= 15 is 0 Å². The molecule has 0 aliphatic carbocycles. The van der Waals surface area contributed by atoms with Crippen LogP contribution in [-0.4, -0.2) is 72.7 Å². The summed E-state index contributed by atoms with van der Waals surface area (Å²) in [4.78, 5) is 26.8. The van der Waals surface area contributed by atoms with Gasteiger partial charge in [-0.15, -0.1) is 0 Å². The second-order valence-electron chi connectivity index (χ2n) is 7.07. The Hall–Kier alpha value is -1.99. The molecule has 0 aromatic heterocycles. The van der Waals surface area contributed by atoms with Crippen LogP contribution in [0.1, 0.15) is 18.9 Å². The summed E-state index contributed by atoms with van der Waals surface area (Å²) in [6, 6.07) is 6.46. The topological polar surface area (TPSA) is 70.1 Å². The first-order chi connectivity index (χ1) is 12.3. The Labute approximate surface area is 153 Å². The van der Waals surface area contributed by atoms with Gasteiger partial charge in [0.15, 0.2) is 0 Å². The standard InChI is InChI=1S/C19H27FN2O4/c1-14(8-15-4-3-5-16(20)10-15)9-18(23)22-6-7-26-17(12-22)11-21(2)13-19(24)25/h3-5,10,14,17H,6-9,11-13H2,1-2H3,(H,24,25)/t14-,17+/m1/s1. The first-order valence-electron chi connectivity index (χ1n) is 8.87. The highest BCUT2D eigenvalue weighted by Gasteiger charge is 2.26. The van der Waals surface area contributed by atoms with Crippen LogP contribution in [0.3, 0.4) is 0 Å². The number of amides is 1. The average Bonchev–Trinajstić information content (AvgIpc) is 2.54. The number of carbonyl (C=O) groups is 2. The molecule has 0 bridgehead atoms. The number of halogens is 1. The number of carboxylic acids is 1. The third-order valence-corrected chi connectivity index (χ3v) is 4.41. The van der Waals surface area contributed by atoms with E-state index < -0.39 is 5.97 Å². The normalized spacial score (nSPS) is 18.8. The quantitative estimate of drug-likeness (QED) is 0.757. The zero-order chi connectivity index (χ0) is 19.1. The minimum absolute atomic E-state index is 0.0571. The fourth-order valence-electron chi connectivity index (χ4n) is 3.27. The molecule has 1 aromatic rings. The predicted octanol–water partition coefficient (Wildman–Crippen LogP) is 1.64. The van der Waals surface area contributed by atoms with Gasteiger partial charge in [-0.05, 0) is 37.1 Å². The third-order valence-electron chi connectivity index (χ3n) is 4.41. The van der Waals surface area contributed by atoms with Gasteiger partial charge in [-0.1, -0.05) is 19.1 Å². The van der Waals surface area contributed by atoms with Gasteiger partial charge in [-0.25, -0.2) is 4.39 Å². The molecule has 144 valence electrons. The number of ether oxygens (including phenoxy) is 1. The van der Waals surface area contributed by atoms with Crippen LogP contribution in [-0.2, 0) is 20.7 Å². The molecular weight excluding hydrogens is 339 g/mol. The lowest BCUT2D eigenvalue weighted by molar-refractivity contribution is -0.142. The molecule has 2 atom stereocenters. The fourth-order valence-corrected chi connectivity index (χ4v) is 3.27. The number of likely N-dealkylation sites (N-methyl/N-ethyl adjacent to an activating group) is 1. The molecule has 26 heavy (non-hydrogen) atoms. The Morgan fingerprint density at radius 1 is 1.46 bits per heavy atom. The molecule has 1 fully saturated rings. The van der Waals surface area contributed by atoms with Crippen molar-refractivity contribution in [3.05, 3.63) is 35.6 Å². The van der Waals surface area contributed by atoms with E-state index in [0.717, 1.165) is 5.56 Å². The lowest BCUT2D eigenvalue weighted by atomic mass is 9.97. The summed E-state index contributed by atoms with van der Waals surface area (Å²) in [6.07, 6.45) is 0.864. The van der Waals surface area contributed by atoms with Crippen LogP contribution in [0.4, 0.5) is 4.39 Å². The average molecular weight is 366 g/mol. The Morgan fingerprint density at radius 3 is 2.92 bits per heavy atom. The summed E-state index contributed by atoms with van der Waals surface area (Å²) in [5.41, 5.74) is 0.889. The Bertz CT molecular complexity index is 625. The van der Waals surface area contributed by atoms with Gasteiger partial charge in [0.2, 0.25) is 5.91 Å². The van der Waals surface area contributed by atoms with E-state index in [9.17, 15) is 14.0 Å². The lowest BCUT2D eigenvalue weighted by Crippen LogP contribution is -2.49. The molecule has 1 amide bonds. The summed E-state index contributed by atoms with van der Waals surface area (Å²) in [5.74, 6) is -0.978. The summed E-state index contributed by atoms with van der Waals surface area (Å²) in [6.45, 7) is 3.87. The van der Waals surface area contributed by atoms with E-state index in [0.29, 0.717) is 39.1 Å². The number of morpholine rings is 1. The number of rotatable bonds is 8. The highest BCUT2D eigenvalue weighted by molar-refractivity contribution is 5.76. The molecule has 7 heteroatoms. The van der Waals surface area contributed by atoms with E-state index in [4.69, 9.17) is 9.84 Å². The van der Waals surface area contributed by atoms with Gasteiger partial charge in [0.05, 0.1) is 19.3 Å². The second kappa shape index (κ2) is 9.64. The highest BCUT2D eigenvalue weighted by Crippen LogP contribution is 2.16. The summed E-state index contributed by atoms with van der Waals surface area (Å²) in [5, 5.41) is 8.82. The molecule has 1 saturated heterocycles. The Kier molecular flexibility index (Phi) is 7.53. The molecule has 1 aliphatic heterocycles. The summed E-state index contributed by atoms with van der Waals surface area (Å²) >= 11 is 0. The first-order valence-corrected chi connectivity index (χ1v) is 8.87. The van der Waals surface area contributed by atoms with Crippen molar-refractivity contribution in [3.63, 3.8) is 0 Å². The van der Waals surface area contributed by atoms with Crippen molar-refractivity contribution in [2.45, 2.75) is 25.9 Å². The maximum absolute atomic E-state index is 13.3. The molecule has 1 N–H and O–H groups in total. The minimum Gasteiger partial charge on any atom is -0.480 e. The molecule has 0 spiro atoms. The van der Waals surface area contributed by atoms with Crippen LogP contribution in [0.25, 0.3) is 0 Å². The van der Waals surface area contributed by atoms with E-state index in [-0.39, 0.29) is 30.3 Å².